The van der Waals surface area contributed by atoms with Crippen LogP contribution in [0.4, 0.5) is 0 Å². The van der Waals surface area contributed by atoms with E-state index in [4.69, 9.17) is 9.73 Å². The quantitative estimate of drug-likeness (QED) is 0.384. The number of aromatic nitrogens is 1. The first kappa shape index (κ1) is 21.5. The number of nitrogens with zero attached hydrogens (tertiary/aromatic N) is 3. The van der Waals surface area contributed by atoms with Gasteiger partial charge in [-0.1, -0.05) is 18.2 Å². The van der Waals surface area contributed by atoms with Crippen LogP contribution in [0.1, 0.15) is 19.8 Å². The largest absolute Gasteiger partial charge is 0.379 e. The standard InChI is InChI=1S/C23H35N5OS/c1-2-24-22(25-10-5-11-27-12-8-20-6-3-4-7-21(20)27)26-18-23(9-17-30-19-23)28-13-15-29-16-14-28/h3-4,6-8,12H,2,5,9-11,13-19H2,1H3,(H2,24,25,26). The topological polar surface area (TPSA) is 53.8 Å². The molecule has 0 aliphatic carbocycles. The van der Waals surface area contributed by atoms with E-state index >= 15 is 0 Å². The summed E-state index contributed by atoms with van der Waals surface area (Å²) in [6, 6.07) is 10.8. The molecule has 1 unspecified atom stereocenters. The lowest BCUT2D eigenvalue weighted by Gasteiger charge is -2.42. The first-order chi connectivity index (χ1) is 14.8. The predicted octanol–water partition coefficient (Wildman–Crippen LogP) is 2.79. The molecule has 0 spiro atoms. The monoisotopic (exact) mass is 429 g/mol. The number of aryl methyl sites for hydroxylation is 1. The summed E-state index contributed by atoms with van der Waals surface area (Å²) in [5.41, 5.74) is 1.50. The molecule has 2 aromatic rings. The summed E-state index contributed by atoms with van der Waals surface area (Å²) < 4.78 is 7.92. The van der Waals surface area contributed by atoms with Crippen LogP contribution in [0.25, 0.3) is 10.9 Å². The third kappa shape index (κ3) is 5.13. The molecule has 0 radical (unpaired) electrons. The van der Waals surface area contributed by atoms with Gasteiger partial charge in [-0.2, -0.15) is 11.8 Å². The number of hydrogen-bond donors (Lipinski definition) is 2. The van der Waals surface area contributed by atoms with E-state index in [9.17, 15) is 0 Å². The summed E-state index contributed by atoms with van der Waals surface area (Å²) in [4.78, 5) is 7.64. The van der Waals surface area contributed by atoms with E-state index in [0.29, 0.717) is 0 Å². The molecular formula is C23H35N5OS. The summed E-state index contributed by atoms with van der Waals surface area (Å²) in [7, 11) is 0. The minimum Gasteiger partial charge on any atom is -0.379 e. The van der Waals surface area contributed by atoms with E-state index in [1.54, 1.807) is 0 Å². The van der Waals surface area contributed by atoms with Gasteiger partial charge in [-0.25, -0.2) is 0 Å². The SMILES string of the molecule is CCNC(=NCC1(N2CCOCC2)CCSC1)NCCCn1ccc2ccccc21. The number of thioether (sulfide) groups is 1. The Morgan fingerprint density at radius 3 is 2.87 bits per heavy atom. The van der Waals surface area contributed by atoms with E-state index in [1.165, 1.54) is 28.8 Å². The Bertz CT molecular complexity index is 824. The van der Waals surface area contributed by atoms with Crippen LogP contribution >= 0.6 is 11.8 Å². The van der Waals surface area contributed by atoms with Crippen molar-refractivity contribution in [1.82, 2.24) is 20.1 Å². The van der Waals surface area contributed by atoms with Gasteiger partial charge in [-0.05, 0) is 43.0 Å². The molecule has 2 aliphatic heterocycles. The fourth-order valence-corrected chi connectivity index (χ4v) is 5.93. The highest BCUT2D eigenvalue weighted by atomic mass is 32.2. The normalized spacial score (nSPS) is 23.2. The Morgan fingerprint density at radius 1 is 1.20 bits per heavy atom. The molecule has 4 rings (SSSR count). The Hall–Kier alpha value is -1.70. The number of guanidine groups is 1. The third-order valence-corrected chi connectivity index (χ3v) is 7.42. The molecule has 1 atom stereocenters. The van der Waals surface area contributed by atoms with Crippen LogP contribution in [0.3, 0.4) is 0 Å². The third-order valence-electron chi connectivity index (χ3n) is 6.19. The molecule has 0 bridgehead atoms. The highest BCUT2D eigenvalue weighted by Gasteiger charge is 2.40. The number of ether oxygens (including phenoxy) is 1. The Morgan fingerprint density at radius 2 is 2.07 bits per heavy atom. The summed E-state index contributed by atoms with van der Waals surface area (Å²) >= 11 is 2.07. The van der Waals surface area contributed by atoms with Gasteiger partial charge in [-0.3, -0.25) is 9.89 Å². The molecule has 30 heavy (non-hydrogen) atoms. The van der Waals surface area contributed by atoms with Crippen molar-refractivity contribution in [3.05, 3.63) is 36.5 Å². The maximum atomic E-state index is 5.58. The predicted molar refractivity (Wildman–Crippen MR) is 128 cm³/mol. The number of benzene rings is 1. The lowest BCUT2D eigenvalue weighted by atomic mass is 9.96. The van der Waals surface area contributed by atoms with Crippen molar-refractivity contribution in [2.45, 2.75) is 31.8 Å². The number of para-hydroxylation sites is 1. The number of nitrogens with one attached hydrogen (secondary N) is 2. The van der Waals surface area contributed by atoms with Gasteiger partial charge in [0.25, 0.3) is 0 Å². The molecule has 2 aliphatic rings. The Labute approximate surface area is 184 Å². The molecule has 2 N–H and O–H groups in total. The van der Waals surface area contributed by atoms with Crippen LogP contribution in [0.15, 0.2) is 41.5 Å². The second-order valence-electron chi connectivity index (χ2n) is 8.17. The molecule has 0 saturated carbocycles. The zero-order valence-electron chi connectivity index (χ0n) is 18.1. The van der Waals surface area contributed by atoms with E-state index in [0.717, 1.165) is 64.9 Å². The van der Waals surface area contributed by atoms with Crippen molar-refractivity contribution in [2.24, 2.45) is 4.99 Å². The fourth-order valence-electron chi connectivity index (χ4n) is 4.47. The average molecular weight is 430 g/mol. The number of aliphatic imine (C=N–C) groups is 1. The van der Waals surface area contributed by atoms with Crippen LogP contribution in [0, 0.1) is 0 Å². The molecule has 7 heteroatoms. The fraction of sp³-hybridized carbons (Fsp3) is 0.609. The van der Waals surface area contributed by atoms with Gasteiger partial charge < -0.3 is 19.9 Å². The van der Waals surface area contributed by atoms with Crippen molar-refractivity contribution in [1.29, 1.82) is 0 Å². The zero-order chi connectivity index (χ0) is 20.7. The lowest BCUT2D eigenvalue weighted by molar-refractivity contribution is -0.0104. The number of fused-ring (bicyclic) bond motifs is 1. The molecule has 164 valence electrons. The molecule has 2 saturated heterocycles. The van der Waals surface area contributed by atoms with Crippen LogP contribution in [-0.2, 0) is 11.3 Å². The molecule has 6 nitrogen and oxygen atoms in total. The van der Waals surface area contributed by atoms with Crippen molar-refractivity contribution >= 4 is 28.6 Å². The van der Waals surface area contributed by atoms with Gasteiger partial charge in [0.2, 0.25) is 0 Å². The highest BCUT2D eigenvalue weighted by Crippen LogP contribution is 2.34. The van der Waals surface area contributed by atoms with Gasteiger partial charge in [-0.15, -0.1) is 0 Å². The number of rotatable bonds is 8. The van der Waals surface area contributed by atoms with Crippen LogP contribution in [0.2, 0.25) is 0 Å². The maximum Gasteiger partial charge on any atom is 0.191 e. The maximum absolute atomic E-state index is 5.58. The van der Waals surface area contributed by atoms with E-state index in [-0.39, 0.29) is 5.54 Å². The Balaban J connectivity index is 1.31. The van der Waals surface area contributed by atoms with Crippen molar-refractivity contribution < 1.29 is 4.74 Å². The summed E-state index contributed by atoms with van der Waals surface area (Å²) in [5, 5.41) is 8.29. The average Bonchev–Trinajstić information content (AvgIpc) is 3.44. The second-order valence-corrected chi connectivity index (χ2v) is 9.27. The van der Waals surface area contributed by atoms with Crippen molar-refractivity contribution in [2.75, 3.05) is 57.4 Å². The summed E-state index contributed by atoms with van der Waals surface area (Å²) in [5.74, 6) is 3.36. The van der Waals surface area contributed by atoms with Gasteiger partial charge in [0, 0.05) is 50.2 Å². The van der Waals surface area contributed by atoms with E-state index < -0.39 is 0 Å². The van der Waals surface area contributed by atoms with Gasteiger partial charge in [0.1, 0.15) is 0 Å². The molecule has 1 aromatic heterocycles. The van der Waals surface area contributed by atoms with Crippen LogP contribution < -0.4 is 10.6 Å². The van der Waals surface area contributed by atoms with E-state index in [1.807, 2.05) is 0 Å². The first-order valence-electron chi connectivity index (χ1n) is 11.3. The van der Waals surface area contributed by atoms with Gasteiger partial charge >= 0.3 is 0 Å². The first-order valence-corrected chi connectivity index (χ1v) is 12.4. The molecule has 0 amide bonds. The minimum atomic E-state index is 0.195. The minimum absolute atomic E-state index is 0.195. The van der Waals surface area contributed by atoms with E-state index in [2.05, 4.69) is 75.3 Å². The second kappa shape index (κ2) is 10.6. The van der Waals surface area contributed by atoms with Crippen LogP contribution in [0.5, 0.6) is 0 Å². The number of morpholine rings is 1. The zero-order valence-corrected chi connectivity index (χ0v) is 18.9. The summed E-state index contributed by atoms with van der Waals surface area (Å²) in [6.45, 7) is 9.56. The Kier molecular flexibility index (Phi) is 7.57. The molecular weight excluding hydrogens is 394 g/mol. The highest BCUT2D eigenvalue weighted by molar-refractivity contribution is 7.99. The lowest BCUT2D eigenvalue weighted by Crippen LogP contribution is -2.56. The van der Waals surface area contributed by atoms with Crippen molar-refractivity contribution in [3.8, 4) is 0 Å². The number of hydrogen-bond acceptors (Lipinski definition) is 4. The van der Waals surface area contributed by atoms with Crippen molar-refractivity contribution in [3.63, 3.8) is 0 Å². The van der Waals surface area contributed by atoms with Gasteiger partial charge in [0.05, 0.1) is 25.3 Å². The molecule has 2 fully saturated rings. The van der Waals surface area contributed by atoms with Crippen LogP contribution in [-0.4, -0.2) is 78.4 Å². The summed E-state index contributed by atoms with van der Waals surface area (Å²) in [6.07, 6.45) is 4.47. The smallest absolute Gasteiger partial charge is 0.191 e. The molecule has 3 heterocycles. The van der Waals surface area contributed by atoms with Gasteiger partial charge in [0.15, 0.2) is 5.96 Å². The molecule has 1 aromatic carbocycles.